The largest absolute Gasteiger partial charge is 0.480 e. The van der Waals surface area contributed by atoms with Crippen LogP contribution in [0.2, 0.25) is 5.28 Å². The Hall–Kier alpha value is -2.68. The van der Waals surface area contributed by atoms with Crippen LogP contribution in [0, 0.1) is 0 Å². The molecule has 0 bridgehead atoms. The SMILES string of the molecule is O=C(O)Cn1ccc2nc(Cl)nc(NCC3(n4cncn4)CC3)c21. The summed E-state index contributed by atoms with van der Waals surface area (Å²) in [6, 6.07) is 1.72. The van der Waals surface area contributed by atoms with E-state index in [0.29, 0.717) is 23.4 Å². The first kappa shape index (κ1) is 14.9. The van der Waals surface area contributed by atoms with E-state index in [-0.39, 0.29) is 17.4 Å². The normalized spacial score (nSPS) is 15.5. The maximum absolute atomic E-state index is 11.0. The molecule has 9 nitrogen and oxygen atoms in total. The summed E-state index contributed by atoms with van der Waals surface area (Å²) in [6.07, 6.45) is 6.85. The van der Waals surface area contributed by atoms with Crippen molar-refractivity contribution in [3.05, 3.63) is 30.2 Å². The number of carbonyl (C=O) groups is 1. The van der Waals surface area contributed by atoms with Gasteiger partial charge in [0.05, 0.1) is 11.1 Å². The number of carboxylic acids is 1. The number of anilines is 1. The third kappa shape index (κ3) is 2.56. The molecule has 10 heteroatoms. The molecule has 24 heavy (non-hydrogen) atoms. The fraction of sp³-hybridized carbons (Fsp3) is 0.357. The van der Waals surface area contributed by atoms with E-state index >= 15 is 0 Å². The molecule has 1 saturated carbocycles. The summed E-state index contributed by atoms with van der Waals surface area (Å²) in [6.45, 7) is 0.425. The standard InChI is InChI=1S/C14H14ClN7O2/c15-13-19-9-1-4-21(5-10(23)24)11(9)12(20-13)17-6-14(2-3-14)22-8-16-7-18-22/h1,4,7-8H,2-3,5-6H2,(H,23,24)(H,17,19,20). The molecule has 3 aromatic heterocycles. The predicted octanol–water partition coefficient (Wildman–Crippen LogP) is 1.36. The van der Waals surface area contributed by atoms with Crippen molar-refractivity contribution in [2.75, 3.05) is 11.9 Å². The van der Waals surface area contributed by atoms with Gasteiger partial charge in [-0.2, -0.15) is 10.1 Å². The molecule has 0 radical (unpaired) electrons. The molecule has 1 aliphatic rings. The number of nitrogens with one attached hydrogen (secondary N) is 1. The summed E-state index contributed by atoms with van der Waals surface area (Å²) in [7, 11) is 0. The van der Waals surface area contributed by atoms with E-state index in [1.807, 2.05) is 4.68 Å². The zero-order valence-corrected chi connectivity index (χ0v) is 13.3. The summed E-state index contributed by atoms with van der Waals surface area (Å²) in [5, 5.41) is 16.7. The molecular weight excluding hydrogens is 334 g/mol. The van der Waals surface area contributed by atoms with Gasteiger partial charge in [0.1, 0.15) is 24.7 Å². The topological polar surface area (TPSA) is 111 Å². The van der Waals surface area contributed by atoms with E-state index in [1.54, 1.807) is 23.2 Å². The minimum atomic E-state index is -0.935. The van der Waals surface area contributed by atoms with Crippen molar-refractivity contribution in [1.29, 1.82) is 0 Å². The first-order chi connectivity index (χ1) is 11.6. The molecule has 124 valence electrons. The van der Waals surface area contributed by atoms with Crippen LogP contribution >= 0.6 is 11.6 Å². The summed E-state index contributed by atoms with van der Waals surface area (Å²) < 4.78 is 3.43. The van der Waals surface area contributed by atoms with Crippen LogP contribution in [0.4, 0.5) is 5.82 Å². The monoisotopic (exact) mass is 347 g/mol. The third-order valence-corrected chi connectivity index (χ3v) is 4.37. The van der Waals surface area contributed by atoms with E-state index in [1.165, 1.54) is 6.33 Å². The Morgan fingerprint density at radius 1 is 1.42 bits per heavy atom. The lowest BCUT2D eigenvalue weighted by Crippen LogP contribution is -2.27. The first-order valence-corrected chi connectivity index (χ1v) is 7.78. The number of nitrogens with zero attached hydrogens (tertiary/aromatic N) is 6. The van der Waals surface area contributed by atoms with Crippen LogP contribution in [-0.4, -0.2) is 46.9 Å². The van der Waals surface area contributed by atoms with E-state index < -0.39 is 5.97 Å². The number of carboxylic acid groups (broad SMARTS) is 1. The molecule has 4 rings (SSSR count). The Balaban J connectivity index is 1.66. The number of hydrogen-bond donors (Lipinski definition) is 2. The van der Waals surface area contributed by atoms with Gasteiger partial charge >= 0.3 is 5.97 Å². The van der Waals surface area contributed by atoms with Crippen molar-refractivity contribution in [2.24, 2.45) is 0 Å². The lowest BCUT2D eigenvalue weighted by Gasteiger charge is -2.17. The summed E-state index contributed by atoms with van der Waals surface area (Å²) in [4.78, 5) is 23.4. The van der Waals surface area contributed by atoms with Crippen LogP contribution in [0.5, 0.6) is 0 Å². The van der Waals surface area contributed by atoms with Crippen LogP contribution < -0.4 is 5.32 Å². The van der Waals surface area contributed by atoms with Crippen LogP contribution in [0.1, 0.15) is 12.8 Å². The number of rotatable bonds is 6. The second kappa shape index (κ2) is 5.45. The zero-order valence-electron chi connectivity index (χ0n) is 12.6. The van der Waals surface area contributed by atoms with Gasteiger partial charge in [0.25, 0.3) is 0 Å². The zero-order chi connectivity index (χ0) is 16.7. The van der Waals surface area contributed by atoms with Gasteiger partial charge in [-0.25, -0.2) is 14.6 Å². The smallest absolute Gasteiger partial charge is 0.323 e. The van der Waals surface area contributed by atoms with Crippen LogP contribution in [0.3, 0.4) is 0 Å². The van der Waals surface area contributed by atoms with Gasteiger partial charge < -0.3 is 15.0 Å². The number of halogens is 1. The van der Waals surface area contributed by atoms with Crippen molar-refractivity contribution < 1.29 is 9.90 Å². The van der Waals surface area contributed by atoms with Crippen molar-refractivity contribution in [1.82, 2.24) is 29.3 Å². The maximum Gasteiger partial charge on any atom is 0.323 e. The molecule has 0 aliphatic heterocycles. The maximum atomic E-state index is 11.0. The Morgan fingerprint density at radius 3 is 2.92 bits per heavy atom. The minimum absolute atomic E-state index is 0.115. The highest BCUT2D eigenvalue weighted by atomic mass is 35.5. The van der Waals surface area contributed by atoms with Crippen molar-refractivity contribution in [3.8, 4) is 0 Å². The molecule has 1 aliphatic carbocycles. The number of aromatic nitrogens is 6. The average molecular weight is 348 g/mol. The summed E-state index contributed by atoms with van der Waals surface area (Å²) in [5.74, 6) is -0.419. The number of fused-ring (bicyclic) bond motifs is 1. The second-order valence-electron chi connectivity index (χ2n) is 5.83. The van der Waals surface area contributed by atoms with Crippen LogP contribution in [0.15, 0.2) is 24.9 Å². The van der Waals surface area contributed by atoms with Crippen LogP contribution in [0.25, 0.3) is 11.0 Å². The molecule has 3 aromatic rings. The molecule has 2 N–H and O–H groups in total. The molecular formula is C14H14ClN7O2. The van der Waals surface area contributed by atoms with Gasteiger partial charge in [0.2, 0.25) is 5.28 Å². The molecule has 1 fully saturated rings. The highest BCUT2D eigenvalue weighted by Crippen LogP contribution is 2.42. The summed E-state index contributed by atoms with van der Waals surface area (Å²) in [5.41, 5.74) is 1.10. The molecule has 0 unspecified atom stereocenters. The highest BCUT2D eigenvalue weighted by molar-refractivity contribution is 6.28. The predicted molar refractivity (Wildman–Crippen MR) is 85.9 cm³/mol. The fourth-order valence-electron chi connectivity index (χ4n) is 2.81. The van der Waals surface area contributed by atoms with Gasteiger partial charge in [0.15, 0.2) is 5.82 Å². The molecule has 0 saturated heterocycles. The van der Waals surface area contributed by atoms with Gasteiger partial charge in [0, 0.05) is 12.7 Å². The Bertz CT molecular complexity index is 901. The molecule has 0 aromatic carbocycles. The van der Waals surface area contributed by atoms with E-state index in [9.17, 15) is 4.79 Å². The van der Waals surface area contributed by atoms with Gasteiger partial charge in [-0.1, -0.05) is 0 Å². The van der Waals surface area contributed by atoms with Gasteiger partial charge in [-0.05, 0) is 30.5 Å². The van der Waals surface area contributed by atoms with E-state index in [4.69, 9.17) is 16.7 Å². The summed E-state index contributed by atoms with van der Waals surface area (Å²) >= 11 is 5.99. The van der Waals surface area contributed by atoms with E-state index in [2.05, 4.69) is 25.4 Å². The number of hydrogen-bond acceptors (Lipinski definition) is 6. The van der Waals surface area contributed by atoms with E-state index in [0.717, 1.165) is 12.8 Å². The van der Waals surface area contributed by atoms with Gasteiger partial charge in [-0.3, -0.25) is 4.79 Å². The Labute approximate surface area is 141 Å². The molecule has 0 atom stereocenters. The third-order valence-electron chi connectivity index (χ3n) is 4.21. The minimum Gasteiger partial charge on any atom is -0.480 e. The Morgan fingerprint density at radius 2 is 2.25 bits per heavy atom. The molecule has 0 spiro atoms. The van der Waals surface area contributed by atoms with Crippen molar-refractivity contribution in [3.63, 3.8) is 0 Å². The lowest BCUT2D eigenvalue weighted by atomic mass is 10.2. The lowest BCUT2D eigenvalue weighted by molar-refractivity contribution is -0.137. The fourth-order valence-corrected chi connectivity index (χ4v) is 2.99. The van der Waals surface area contributed by atoms with Crippen LogP contribution in [-0.2, 0) is 16.9 Å². The Kier molecular flexibility index (Phi) is 3.38. The van der Waals surface area contributed by atoms with Gasteiger partial charge in [-0.15, -0.1) is 0 Å². The second-order valence-corrected chi connectivity index (χ2v) is 6.17. The quantitative estimate of drug-likeness (QED) is 0.647. The average Bonchev–Trinajstić information content (AvgIpc) is 2.95. The molecule has 0 amide bonds. The molecule has 3 heterocycles. The highest BCUT2D eigenvalue weighted by Gasteiger charge is 2.45. The van der Waals surface area contributed by atoms with Crippen molar-refractivity contribution >= 4 is 34.4 Å². The van der Waals surface area contributed by atoms with Crippen molar-refractivity contribution in [2.45, 2.75) is 24.9 Å². The first-order valence-electron chi connectivity index (χ1n) is 7.41. The number of aliphatic carboxylic acids is 1.